The molecule has 0 aromatic heterocycles. The molecular weight excluding hydrogens is 218 g/mol. The zero-order valence-electron chi connectivity index (χ0n) is 9.85. The van der Waals surface area contributed by atoms with E-state index in [0.717, 1.165) is 6.42 Å². The molecule has 1 aromatic rings. The molecule has 0 bridgehead atoms. The first kappa shape index (κ1) is 12.0. The van der Waals surface area contributed by atoms with Crippen LogP contribution in [0.2, 0.25) is 0 Å². The summed E-state index contributed by atoms with van der Waals surface area (Å²) >= 11 is 1.89. The van der Waals surface area contributed by atoms with Gasteiger partial charge in [0.25, 0.3) is 0 Å². The van der Waals surface area contributed by atoms with Crippen LogP contribution >= 0.6 is 11.8 Å². The van der Waals surface area contributed by atoms with Gasteiger partial charge in [0.05, 0.1) is 12.7 Å². The van der Waals surface area contributed by atoms with Gasteiger partial charge in [0.1, 0.15) is 0 Å². The molecule has 2 atom stereocenters. The Kier molecular flexibility index (Phi) is 3.90. The molecular formula is C13H19NOS. The topological polar surface area (TPSA) is 35.2 Å². The highest BCUT2D eigenvalue weighted by Crippen LogP contribution is 2.37. The maximum Gasteiger partial charge on any atom is 0.0632 e. The van der Waals surface area contributed by atoms with Crippen LogP contribution in [-0.2, 0) is 11.2 Å². The third-order valence-corrected chi connectivity index (χ3v) is 4.24. The summed E-state index contributed by atoms with van der Waals surface area (Å²) in [5, 5.41) is 0.469. The second kappa shape index (κ2) is 5.21. The average Bonchev–Trinajstić information content (AvgIpc) is 2.69. The SMILES string of the molecule is CC(C)OCC(N)C1Cc2ccccc2S1. The zero-order chi connectivity index (χ0) is 11.5. The van der Waals surface area contributed by atoms with E-state index in [9.17, 15) is 0 Å². The number of benzene rings is 1. The van der Waals surface area contributed by atoms with E-state index in [0.29, 0.717) is 11.9 Å². The monoisotopic (exact) mass is 237 g/mol. The molecule has 0 spiro atoms. The van der Waals surface area contributed by atoms with E-state index >= 15 is 0 Å². The standard InChI is InChI=1S/C13H19NOS/c1-9(2)15-8-11(14)13-7-10-5-3-4-6-12(10)16-13/h3-6,9,11,13H,7-8,14H2,1-2H3. The third-order valence-electron chi connectivity index (χ3n) is 2.77. The molecule has 0 saturated heterocycles. The van der Waals surface area contributed by atoms with Gasteiger partial charge in [-0.15, -0.1) is 11.8 Å². The summed E-state index contributed by atoms with van der Waals surface area (Å²) in [5.74, 6) is 0. The van der Waals surface area contributed by atoms with Crippen LogP contribution in [0.4, 0.5) is 0 Å². The largest absolute Gasteiger partial charge is 0.377 e. The molecule has 1 aromatic carbocycles. The maximum absolute atomic E-state index is 6.16. The van der Waals surface area contributed by atoms with E-state index in [2.05, 4.69) is 24.3 Å². The average molecular weight is 237 g/mol. The summed E-state index contributed by atoms with van der Waals surface area (Å²) < 4.78 is 5.58. The quantitative estimate of drug-likeness (QED) is 0.873. The highest BCUT2D eigenvalue weighted by Gasteiger charge is 2.27. The van der Waals surface area contributed by atoms with Gasteiger partial charge in [0.15, 0.2) is 0 Å². The molecule has 0 fully saturated rings. The lowest BCUT2D eigenvalue weighted by atomic mass is 10.1. The molecule has 0 aliphatic carbocycles. The lowest BCUT2D eigenvalue weighted by molar-refractivity contribution is 0.0681. The molecule has 88 valence electrons. The fourth-order valence-corrected chi connectivity index (χ4v) is 3.16. The molecule has 2 unspecified atom stereocenters. The van der Waals surface area contributed by atoms with Crippen molar-refractivity contribution in [3.05, 3.63) is 29.8 Å². The van der Waals surface area contributed by atoms with Gasteiger partial charge in [-0.25, -0.2) is 0 Å². The second-order valence-electron chi connectivity index (χ2n) is 4.51. The van der Waals surface area contributed by atoms with E-state index in [-0.39, 0.29) is 12.1 Å². The first-order valence-electron chi connectivity index (χ1n) is 5.78. The van der Waals surface area contributed by atoms with E-state index < -0.39 is 0 Å². The van der Waals surface area contributed by atoms with Crippen LogP contribution in [0.25, 0.3) is 0 Å². The Bertz CT molecular complexity index is 329. The lowest BCUT2D eigenvalue weighted by Crippen LogP contribution is -2.37. The first-order chi connectivity index (χ1) is 7.66. The molecule has 2 N–H and O–H groups in total. The number of ether oxygens (including phenoxy) is 1. The summed E-state index contributed by atoms with van der Waals surface area (Å²) in [5.41, 5.74) is 7.59. The van der Waals surface area contributed by atoms with Crippen molar-refractivity contribution < 1.29 is 4.74 Å². The van der Waals surface area contributed by atoms with Crippen LogP contribution in [-0.4, -0.2) is 24.0 Å². The molecule has 1 aliphatic rings. The Labute approximate surface area is 102 Å². The normalized spacial score (nSPS) is 21.1. The van der Waals surface area contributed by atoms with Crippen LogP contribution in [0.3, 0.4) is 0 Å². The van der Waals surface area contributed by atoms with Crippen molar-refractivity contribution in [3.63, 3.8) is 0 Å². The Morgan fingerprint density at radius 3 is 2.88 bits per heavy atom. The second-order valence-corrected chi connectivity index (χ2v) is 5.80. The number of nitrogens with two attached hydrogens (primary N) is 1. The van der Waals surface area contributed by atoms with Gasteiger partial charge >= 0.3 is 0 Å². The fraction of sp³-hybridized carbons (Fsp3) is 0.538. The molecule has 0 saturated carbocycles. The smallest absolute Gasteiger partial charge is 0.0632 e. The van der Waals surface area contributed by atoms with Crippen molar-refractivity contribution in [1.29, 1.82) is 0 Å². The molecule has 1 heterocycles. The number of hydrogen-bond donors (Lipinski definition) is 1. The molecule has 3 heteroatoms. The predicted octanol–water partition coefficient (Wildman–Crippen LogP) is 2.46. The van der Waals surface area contributed by atoms with Crippen molar-refractivity contribution in [3.8, 4) is 0 Å². The van der Waals surface area contributed by atoms with Crippen LogP contribution in [0.5, 0.6) is 0 Å². The molecule has 16 heavy (non-hydrogen) atoms. The lowest BCUT2D eigenvalue weighted by Gasteiger charge is -2.19. The van der Waals surface area contributed by atoms with Gasteiger partial charge in [-0.1, -0.05) is 18.2 Å². The predicted molar refractivity (Wildman–Crippen MR) is 68.9 cm³/mol. The van der Waals surface area contributed by atoms with Crippen molar-refractivity contribution in [2.75, 3.05) is 6.61 Å². The number of hydrogen-bond acceptors (Lipinski definition) is 3. The minimum Gasteiger partial charge on any atom is -0.377 e. The van der Waals surface area contributed by atoms with Crippen LogP contribution in [0, 0.1) is 0 Å². The Balaban J connectivity index is 1.90. The molecule has 1 aliphatic heterocycles. The summed E-state index contributed by atoms with van der Waals surface area (Å²) in [6, 6.07) is 8.68. The van der Waals surface area contributed by atoms with Crippen molar-refractivity contribution in [2.45, 2.75) is 42.6 Å². The van der Waals surface area contributed by atoms with Crippen molar-refractivity contribution in [1.82, 2.24) is 0 Å². The Morgan fingerprint density at radius 1 is 1.44 bits per heavy atom. The number of thioether (sulfide) groups is 1. The van der Waals surface area contributed by atoms with E-state index in [1.807, 2.05) is 25.6 Å². The van der Waals surface area contributed by atoms with Crippen LogP contribution < -0.4 is 5.73 Å². The highest BCUT2D eigenvalue weighted by atomic mass is 32.2. The minimum absolute atomic E-state index is 0.125. The van der Waals surface area contributed by atoms with E-state index in [4.69, 9.17) is 10.5 Å². The van der Waals surface area contributed by atoms with Crippen LogP contribution in [0.1, 0.15) is 19.4 Å². The molecule has 2 rings (SSSR count). The summed E-state index contributed by atoms with van der Waals surface area (Å²) in [7, 11) is 0. The van der Waals surface area contributed by atoms with Gasteiger partial charge in [0.2, 0.25) is 0 Å². The minimum atomic E-state index is 0.125. The van der Waals surface area contributed by atoms with E-state index in [1.165, 1.54) is 10.5 Å². The van der Waals surface area contributed by atoms with Gasteiger partial charge in [-0.3, -0.25) is 0 Å². The highest BCUT2D eigenvalue weighted by molar-refractivity contribution is 8.00. The van der Waals surface area contributed by atoms with Gasteiger partial charge in [-0.2, -0.15) is 0 Å². The summed E-state index contributed by atoms with van der Waals surface area (Å²) in [6.07, 6.45) is 1.34. The van der Waals surface area contributed by atoms with Gasteiger partial charge in [-0.05, 0) is 31.9 Å². The Morgan fingerprint density at radius 2 is 2.19 bits per heavy atom. The van der Waals surface area contributed by atoms with Gasteiger partial charge < -0.3 is 10.5 Å². The van der Waals surface area contributed by atoms with Gasteiger partial charge in [0, 0.05) is 16.2 Å². The first-order valence-corrected chi connectivity index (χ1v) is 6.66. The fourth-order valence-electron chi connectivity index (χ4n) is 1.86. The van der Waals surface area contributed by atoms with Crippen LogP contribution in [0.15, 0.2) is 29.2 Å². The molecule has 2 nitrogen and oxygen atoms in total. The van der Waals surface area contributed by atoms with Crippen molar-refractivity contribution >= 4 is 11.8 Å². The zero-order valence-corrected chi connectivity index (χ0v) is 10.7. The maximum atomic E-state index is 6.16. The molecule has 0 amide bonds. The van der Waals surface area contributed by atoms with E-state index in [1.54, 1.807) is 0 Å². The number of fused-ring (bicyclic) bond motifs is 1. The molecule has 0 radical (unpaired) electrons. The summed E-state index contributed by atoms with van der Waals surface area (Å²) in [6.45, 7) is 4.75. The number of rotatable bonds is 4. The Hall–Kier alpha value is -0.510. The third kappa shape index (κ3) is 2.78. The summed E-state index contributed by atoms with van der Waals surface area (Å²) in [4.78, 5) is 1.38. The van der Waals surface area contributed by atoms with Crippen molar-refractivity contribution in [2.24, 2.45) is 5.73 Å².